The third kappa shape index (κ3) is 14.7. The molecule has 4 nitrogen and oxygen atoms in total. The van der Waals surface area contributed by atoms with Crippen molar-refractivity contribution in [3.8, 4) is 12.3 Å². The maximum absolute atomic E-state index is 11.3. The summed E-state index contributed by atoms with van der Waals surface area (Å²) in [6, 6.07) is 0. The fourth-order valence-electron chi connectivity index (χ4n) is 1.93. The van der Waals surface area contributed by atoms with Crippen LogP contribution in [0.5, 0.6) is 0 Å². The van der Waals surface area contributed by atoms with Crippen molar-refractivity contribution in [1.29, 1.82) is 0 Å². The Hall–Kier alpha value is -1.50. The number of rotatable bonds is 12. The second-order valence-corrected chi connectivity index (χ2v) is 5.19. The zero-order valence-corrected chi connectivity index (χ0v) is 13.2. The van der Waals surface area contributed by atoms with Crippen molar-refractivity contribution in [3.05, 3.63) is 0 Å². The molecular weight excluding hydrogens is 268 g/mol. The van der Waals surface area contributed by atoms with Gasteiger partial charge in [-0.15, -0.1) is 12.3 Å². The molecule has 0 atom stereocenters. The summed E-state index contributed by atoms with van der Waals surface area (Å²) in [6.45, 7) is 2.21. The van der Waals surface area contributed by atoms with E-state index in [0.29, 0.717) is 0 Å². The van der Waals surface area contributed by atoms with E-state index in [4.69, 9.17) is 6.42 Å². The predicted molar refractivity (Wildman–Crippen MR) is 82.1 cm³/mol. The molecule has 0 aliphatic carbocycles. The molecule has 0 aliphatic heterocycles. The first-order chi connectivity index (χ1) is 10.2. The Morgan fingerprint density at radius 1 is 0.810 bits per heavy atom. The monoisotopic (exact) mass is 296 g/mol. The Morgan fingerprint density at radius 3 is 1.81 bits per heavy atom. The minimum atomic E-state index is -0.603. The van der Waals surface area contributed by atoms with E-state index in [1.165, 1.54) is 38.5 Å². The molecule has 0 unspecified atom stereocenters. The lowest BCUT2D eigenvalue weighted by Crippen LogP contribution is -2.10. The van der Waals surface area contributed by atoms with E-state index in [-0.39, 0.29) is 19.3 Å². The van der Waals surface area contributed by atoms with Crippen LogP contribution in [0, 0.1) is 12.3 Å². The highest BCUT2D eigenvalue weighted by atomic mass is 17.2. The second-order valence-electron chi connectivity index (χ2n) is 5.19. The summed E-state index contributed by atoms with van der Waals surface area (Å²) in [7, 11) is 0. The first-order valence-corrected chi connectivity index (χ1v) is 8.04. The van der Waals surface area contributed by atoms with E-state index in [0.717, 1.165) is 19.3 Å². The maximum atomic E-state index is 11.3. The minimum Gasteiger partial charge on any atom is -0.247 e. The van der Waals surface area contributed by atoms with Gasteiger partial charge in [0.25, 0.3) is 0 Å². The molecule has 0 spiro atoms. The molecule has 0 radical (unpaired) electrons. The van der Waals surface area contributed by atoms with Crippen molar-refractivity contribution in [2.45, 2.75) is 84.0 Å². The van der Waals surface area contributed by atoms with Crippen molar-refractivity contribution in [2.24, 2.45) is 0 Å². The maximum Gasteiger partial charge on any atom is 0.356 e. The van der Waals surface area contributed by atoms with Gasteiger partial charge in [-0.25, -0.2) is 19.4 Å². The molecule has 0 amide bonds. The van der Waals surface area contributed by atoms with Crippen molar-refractivity contribution >= 4 is 11.9 Å². The molecule has 120 valence electrons. The van der Waals surface area contributed by atoms with Crippen LogP contribution < -0.4 is 0 Å². The van der Waals surface area contributed by atoms with E-state index in [2.05, 4.69) is 22.6 Å². The quantitative estimate of drug-likeness (QED) is 0.233. The molecule has 0 saturated carbocycles. The minimum absolute atomic E-state index is 0.0712. The predicted octanol–water partition coefficient (Wildman–Crippen LogP) is 4.32. The van der Waals surface area contributed by atoms with Gasteiger partial charge in [-0.2, -0.15) is 0 Å². The van der Waals surface area contributed by atoms with Gasteiger partial charge in [-0.1, -0.05) is 58.3 Å². The van der Waals surface area contributed by atoms with Crippen LogP contribution in [-0.2, 0) is 19.4 Å². The lowest BCUT2D eigenvalue weighted by atomic mass is 10.1. The van der Waals surface area contributed by atoms with E-state index in [1.807, 2.05) is 0 Å². The molecule has 0 N–H and O–H groups in total. The number of carbonyl (C=O) groups is 2. The fourth-order valence-corrected chi connectivity index (χ4v) is 1.93. The van der Waals surface area contributed by atoms with Crippen LogP contribution >= 0.6 is 0 Å². The lowest BCUT2D eigenvalue weighted by Gasteiger charge is -2.03. The number of terminal acetylenes is 1. The molecule has 0 saturated heterocycles. The van der Waals surface area contributed by atoms with Gasteiger partial charge in [-0.3, -0.25) is 0 Å². The fraction of sp³-hybridized carbons (Fsp3) is 0.765. The van der Waals surface area contributed by atoms with Crippen molar-refractivity contribution in [2.75, 3.05) is 0 Å². The molecule has 0 rings (SSSR count). The molecule has 0 aromatic rings. The summed E-state index contributed by atoms with van der Waals surface area (Å²) in [5.41, 5.74) is 0. The number of hydrogen-bond donors (Lipinski definition) is 0. The zero-order chi connectivity index (χ0) is 15.8. The molecule has 0 aliphatic rings. The van der Waals surface area contributed by atoms with Gasteiger partial charge in [0.1, 0.15) is 0 Å². The highest BCUT2D eigenvalue weighted by Gasteiger charge is 2.08. The molecule has 0 bridgehead atoms. The summed E-state index contributed by atoms with van der Waals surface area (Å²) in [5.74, 6) is 1.22. The van der Waals surface area contributed by atoms with Crippen LogP contribution in [0.3, 0.4) is 0 Å². The second kappa shape index (κ2) is 14.9. The molecule has 0 aromatic heterocycles. The topological polar surface area (TPSA) is 52.6 Å². The van der Waals surface area contributed by atoms with Crippen LogP contribution in [0.2, 0.25) is 0 Å². The molecule has 0 fully saturated rings. The highest BCUT2D eigenvalue weighted by Crippen LogP contribution is 2.10. The van der Waals surface area contributed by atoms with Crippen molar-refractivity contribution in [3.63, 3.8) is 0 Å². The Labute approximate surface area is 128 Å². The van der Waals surface area contributed by atoms with E-state index < -0.39 is 11.9 Å². The lowest BCUT2D eigenvalue weighted by molar-refractivity contribution is -0.259. The van der Waals surface area contributed by atoms with Crippen LogP contribution in [-0.4, -0.2) is 11.9 Å². The van der Waals surface area contributed by atoms with E-state index in [9.17, 15) is 9.59 Å². The number of hydrogen-bond acceptors (Lipinski definition) is 4. The average Bonchev–Trinajstić information content (AvgIpc) is 2.49. The van der Waals surface area contributed by atoms with Crippen LogP contribution in [0.15, 0.2) is 0 Å². The van der Waals surface area contributed by atoms with Gasteiger partial charge in [0, 0.05) is 6.42 Å². The summed E-state index contributed by atoms with van der Waals surface area (Å²) < 4.78 is 0. The summed E-state index contributed by atoms with van der Waals surface area (Å²) in [5, 5.41) is 0. The summed E-state index contributed by atoms with van der Waals surface area (Å²) in [4.78, 5) is 31.1. The van der Waals surface area contributed by atoms with E-state index in [1.54, 1.807) is 0 Å². The van der Waals surface area contributed by atoms with Crippen LogP contribution in [0.1, 0.15) is 84.0 Å². The van der Waals surface area contributed by atoms with Crippen LogP contribution in [0.4, 0.5) is 0 Å². The van der Waals surface area contributed by atoms with Gasteiger partial charge in [0.05, 0.1) is 12.8 Å². The Balaban J connectivity index is 3.30. The SMILES string of the molecule is C#CCCC(=O)OOC(=O)CCCCCCCCCCC. The Morgan fingerprint density at radius 2 is 1.29 bits per heavy atom. The molecule has 21 heavy (non-hydrogen) atoms. The van der Waals surface area contributed by atoms with Crippen molar-refractivity contribution < 1.29 is 19.4 Å². The van der Waals surface area contributed by atoms with Gasteiger partial charge in [-0.05, 0) is 6.42 Å². The average molecular weight is 296 g/mol. The van der Waals surface area contributed by atoms with E-state index >= 15 is 0 Å². The third-order valence-electron chi connectivity index (χ3n) is 3.19. The summed E-state index contributed by atoms with van der Waals surface area (Å²) >= 11 is 0. The molecular formula is C17H28O4. The number of carbonyl (C=O) groups excluding carboxylic acids is 2. The summed E-state index contributed by atoms with van der Waals surface area (Å²) in [6.07, 6.45) is 16.3. The first kappa shape index (κ1) is 19.5. The van der Waals surface area contributed by atoms with Gasteiger partial charge < -0.3 is 0 Å². The molecule has 0 heterocycles. The Kier molecular flexibility index (Phi) is 13.8. The Bertz CT molecular complexity index is 317. The third-order valence-corrected chi connectivity index (χ3v) is 3.19. The highest BCUT2D eigenvalue weighted by molar-refractivity contribution is 5.72. The largest absolute Gasteiger partial charge is 0.356 e. The smallest absolute Gasteiger partial charge is 0.247 e. The number of unbranched alkanes of at least 4 members (excludes halogenated alkanes) is 8. The molecule has 0 aromatic carbocycles. The zero-order valence-electron chi connectivity index (χ0n) is 13.2. The van der Waals surface area contributed by atoms with Gasteiger partial charge in [0.2, 0.25) is 0 Å². The molecule has 4 heteroatoms. The first-order valence-electron chi connectivity index (χ1n) is 8.04. The van der Waals surface area contributed by atoms with Gasteiger partial charge in [0.15, 0.2) is 0 Å². The van der Waals surface area contributed by atoms with Gasteiger partial charge >= 0.3 is 11.9 Å². The van der Waals surface area contributed by atoms with Crippen molar-refractivity contribution in [1.82, 2.24) is 0 Å². The standard InChI is InChI=1S/C17H28O4/c1-3-5-7-8-9-10-11-12-13-15-17(19)21-20-16(18)14-6-4-2/h2H,3,5-15H2,1H3. The normalized spacial score (nSPS) is 9.90. The van der Waals surface area contributed by atoms with Crippen LogP contribution in [0.25, 0.3) is 0 Å².